The Morgan fingerprint density at radius 1 is 1.00 bits per heavy atom. The molecule has 2 N–H and O–H groups in total. The molecule has 3 rings (SSSR count). The number of hydrogen-bond acceptors (Lipinski definition) is 5. The third-order valence-corrected chi connectivity index (χ3v) is 5.31. The van der Waals surface area contributed by atoms with Gasteiger partial charge in [-0.05, 0) is 61.0 Å². The van der Waals surface area contributed by atoms with E-state index in [4.69, 9.17) is 0 Å². The number of benzene rings is 3. The number of carbonyl (C=O) groups excluding carboxylic acids is 2. The third-order valence-electron chi connectivity index (χ3n) is 4.29. The molecule has 0 aliphatic rings. The highest BCUT2D eigenvalue weighted by atomic mass is 32.2. The van der Waals surface area contributed by atoms with E-state index in [9.17, 15) is 24.1 Å². The largest absolute Gasteiger partial charge is 0.325 e. The first-order chi connectivity index (χ1) is 14.8. The number of rotatable bonds is 7. The zero-order valence-corrected chi connectivity index (χ0v) is 17.2. The van der Waals surface area contributed by atoms with Crippen LogP contribution in [0.3, 0.4) is 0 Å². The van der Waals surface area contributed by atoms with Crippen molar-refractivity contribution in [3.8, 4) is 0 Å². The minimum Gasteiger partial charge on any atom is -0.325 e. The van der Waals surface area contributed by atoms with Gasteiger partial charge in [-0.3, -0.25) is 19.7 Å². The second-order valence-electron chi connectivity index (χ2n) is 6.58. The summed E-state index contributed by atoms with van der Waals surface area (Å²) in [7, 11) is 0. The monoisotopic (exact) mass is 439 g/mol. The number of nitro groups is 1. The molecule has 0 fully saturated rings. The van der Waals surface area contributed by atoms with Gasteiger partial charge in [0.2, 0.25) is 5.91 Å². The number of nitrogens with zero attached hydrogens (tertiary/aromatic N) is 1. The van der Waals surface area contributed by atoms with Gasteiger partial charge in [-0.25, -0.2) is 4.39 Å². The second kappa shape index (κ2) is 9.86. The number of aryl methyl sites for hydroxylation is 1. The molecule has 0 aliphatic heterocycles. The van der Waals surface area contributed by atoms with Crippen LogP contribution in [0.25, 0.3) is 0 Å². The van der Waals surface area contributed by atoms with Crippen molar-refractivity contribution in [1.82, 2.24) is 0 Å². The highest BCUT2D eigenvalue weighted by Gasteiger charge is 2.12. The van der Waals surface area contributed by atoms with Crippen LogP contribution < -0.4 is 10.6 Å². The average Bonchev–Trinajstić information content (AvgIpc) is 2.75. The summed E-state index contributed by atoms with van der Waals surface area (Å²) in [6.07, 6.45) is 0. The summed E-state index contributed by atoms with van der Waals surface area (Å²) in [6, 6.07) is 16.5. The first-order valence-electron chi connectivity index (χ1n) is 9.16. The summed E-state index contributed by atoms with van der Waals surface area (Å²) in [4.78, 5) is 35.6. The highest BCUT2D eigenvalue weighted by molar-refractivity contribution is 8.00. The van der Waals surface area contributed by atoms with Crippen LogP contribution in [-0.2, 0) is 4.79 Å². The summed E-state index contributed by atoms with van der Waals surface area (Å²) in [5.74, 6) is -0.944. The molecule has 7 nitrogen and oxygen atoms in total. The number of anilines is 2. The molecule has 2 amide bonds. The standard InChI is InChI=1S/C22H18FN3O4S/c1-14-2-9-18(26(29)30)12-20(14)25-21(27)13-31-19-10-7-17(8-11-19)24-22(28)15-3-5-16(23)6-4-15/h2-12H,13H2,1H3,(H,24,28)(H,25,27). The predicted molar refractivity (Wildman–Crippen MR) is 118 cm³/mol. The van der Waals surface area contributed by atoms with Crippen LogP contribution in [0, 0.1) is 22.9 Å². The fourth-order valence-corrected chi connectivity index (χ4v) is 3.33. The first kappa shape index (κ1) is 22.0. The summed E-state index contributed by atoms with van der Waals surface area (Å²) in [5, 5.41) is 16.3. The van der Waals surface area contributed by atoms with Gasteiger partial charge in [0.25, 0.3) is 11.6 Å². The predicted octanol–water partition coefficient (Wildman–Crippen LogP) is 5.03. The number of halogens is 1. The second-order valence-corrected chi connectivity index (χ2v) is 7.63. The zero-order chi connectivity index (χ0) is 22.4. The molecular weight excluding hydrogens is 421 g/mol. The Bertz CT molecular complexity index is 1120. The van der Waals surface area contributed by atoms with Crippen molar-refractivity contribution in [3.05, 3.63) is 93.8 Å². The Kier molecular flexibility index (Phi) is 6.99. The van der Waals surface area contributed by atoms with Crippen LogP contribution in [0.2, 0.25) is 0 Å². The molecule has 0 spiro atoms. The van der Waals surface area contributed by atoms with E-state index in [0.717, 1.165) is 10.5 Å². The third kappa shape index (κ3) is 6.13. The van der Waals surface area contributed by atoms with E-state index in [0.29, 0.717) is 16.9 Å². The molecule has 9 heteroatoms. The minimum absolute atomic E-state index is 0.0909. The highest BCUT2D eigenvalue weighted by Crippen LogP contribution is 2.24. The maximum Gasteiger partial charge on any atom is 0.271 e. The first-order valence-corrected chi connectivity index (χ1v) is 10.1. The molecule has 0 atom stereocenters. The lowest BCUT2D eigenvalue weighted by atomic mass is 10.2. The number of thioether (sulfide) groups is 1. The smallest absolute Gasteiger partial charge is 0.271 e. The lowest BCUT2D eigenvalue weighted by Gasteiger charge is -2.09. The van der Waals surface area contributed by atoms with E-state index in [1.54, 1.807) is 37.3 Å². The van der Waals surface area contributed by atoms with Gasteiger partial charge in [0.1, 0.15) is 5.82 Å². The van der Waals surface area contributed by atoms with E-state index in [1.807, 2.05) is 0 Å². The van der Waals surface area contributed by atoms with Gasteiger partial charge in [-0.2, -0.15) is 0 Å². The van der Waals surface area contributed by atoms with Crippen LogP contribution >= 0.6 is 11.8 Å². The van der Waals surface area contributed by atoms with Crippen molar-refractivity contribution in [3.63, 3.8) is 0 Å². The molecule has 0 unspecified atom stereocenters. The Labute approximate surface area is 181 Å². The number of nitro benzene ring substituents is 1. The lowest BCUT2D eigenvalue weighted by molar-refractivity contribution is -0.384. The molecule has 0 radical (unpaired) electrons. The summed E-state index contributed by atoms with van der Waals surface area (Å²) in [6.45, 7) is 1.76. The Morgan fingerprint density at radius 2 is 1.68 bits per heavy atom. The number of non-ortho nitro benzene ring substituents is 1. The molecule has 3 aromatic rings. The molecule has 0 heterocycles. The molecule has 31 heavy (non-hydrogen) atoms. The van der Waals surface area contributed by atoms with Crippen LogP contribution in [-0.4, -0.2) is 22.5 Å². The average molecular weight is 439 g/mol. The fraction of sp³-hybridized carbons (Fsp3) is 0.0909. The number of amides is 2. The molecule has 0 bridgehead atoms. The number of carbonyl (C=O) groups is 2. The Hall–Kier alpha value is -3.72. The molecule has 0 saturated carbocycles. The van der Waals surface area contributed by atoms with Crippen molar-refractivity contribution in [2.24, 2.45) is 0 Å². The zero-order valence-electron chi connectivity index (χ0n) is 16.4. The number of nitrogens with one attached hydrogen (secondary N) is 2. The SMILES string of the molecule is Cc1ccc([N+](=O)[O-])cc1NC(=O)CSc1ccc(NC(=O)c2ccc(F)cc2)cc1. The summed E-state index contributed by atoms with van der Waals surface area (Å²) >= 11 is 1.29. The van der Waals surface area contributed by atoms with Crippen LogP contribution in [0.5, 0.6) is 0 Å². The van der Waals surface area contributed by atoms with Gasteiger partial charge in [0.05, 0.1) is 16.4 Å². The molecule has 0 saturated heterocycles. The van der Waals surface area contributed by atoms with Gasteiger partial charge in [0, 0.05) is 28.3 Å². The van der Waals surface area contributed by atoms with E-state index in [1.165, 1.54) is 48.2 Å². The van der Waals surface area contributed by atoms with E-state index < -0.39 is 10.7 Å². The van der Waals surface area contributed by atoms with Crippen LogP contribution in [0.1, 0.15) is 15.9 Å². The van der Waals surface area contributed by atoms with Crippen molar-refractivity contribution in [2.45, 2.75) is 11.8 Å². The van der Waals surface area contributed by atoms with Crippen molar-refractivity contribution < 1.29 is 18.9 Å². The quantitative estimate of drug-likeness (QED) is 0.306. The summed E-state index contributed by atoms with van der Waals surface area (Å²) in [5.41, 5.74) is 1.94. The number of hydrogen-bond donors (Lipinski definition) is 2. The fourth-order valence-electron chi connectivity index (χ4n) is 2.63. The summed E-state index contributed by atoms with van der Waals surface area (Å²) < 4.78 is 13.0. The topological polar surface area (TPSA) is 101 Å². The maximum absolute atomic E-state index is 13.0. The molecule has 158 valence electrons. The van der Waals surface area contributed by atoms with Gasteiger partial charge in [0.15, 0.2) is 0 Å². The lowest BCUT2D eigenvalue weighted by Crippen LogP contribution is -2.15. The van der Waals surface area contributed by atoms with Crippen molar-refractivity contribution in [1.29, 1.82) is 0 Å². The van der Waals surface area contributed by atoms with Crippen molar-refractivity contribution >= 4 is 40.6 Å². The van der Waals surface area contributed by atoms with Crippen molar-refractivity contribution in [2.75, 3.05) is 16.4 Å². The maximum atomic E-state index is 13.0. The Balaban J connectivity index is 1.54. The normalized spacial score (nSPS) is 10.4. The van der Waals surface area contributed by atoms with Crippen LogP contribution in [0.15, 0.2) is 71.6 Å². The molecule has 0 aliphatic carbocycles. The van der Waals surface area contributed by atoms with E-state index in [2.05, 4.69) is 10.6 Å². The van der Waals surface area contributed by atoms with E-state index in [-0.39, 0.29) is 23.3 Å². The minimum atomic E-state index is -0.514. The molecular formula is C22H18FN3O4S. The van der Waals surface area contributed by atoms with Crippen LogP contribution in [0.4, 0.5) is 21.5 Å². The van der Waals surface area contributed by atoms with Gasteiger partial charge < -0.3 is 10.6 Å². The van der Waals surface area contributed by atoms with Gasteiger partial charge in [-0.15, -0.1) is 11.8 Å². The van der Waals surface area contributed by atoms with E-state index >= 15 is 0 Å². The van der Waals surface area contributed by atoms with Gasteiger partial charge in [-0.1, -0.05) is 6.07 Å². The molecule has 3 aromatic carbocycles. The van der Waals surface area contributed by atoms with Gasteiger partial charge >= 0.3 is 0 Å². The Morgan fingerprint density at radius 3 is 2.32 bits per heavy atom. The molecule has 0 aromatic heterocycles.